The highest BCUT2D eigenvalue weighted by atomic mass is 35.5. The summed E-state index contributed by atoms with van der Waals surface area (Å²) in [6, 6.07) is 5.42. The van der Waals surface area contributed by atoms with Gasteiger partial charge in [-0.3, -0.25) is 0 Å². The number of aliphatic hydroxyl groups excluding tert-OH is 1. The first-order chi connectivity index (χ1) is 8.16. The highest BCUT2D eigenvalue weighted by Gasteiger charge is 2.17. The lowest BCUT2D eigenvalue weighted by atomic mass is 10.1. The maximum atomic E-state index is 9.68. The van der Waals surface area contributed by atoms with Crippen molar-refractivity contribution in [3.8, 4) is 5.75 Å². The Morgan fingerprint density at radius 3 is 2.76 bits per heavy atom. The number of ether oxygens (including phenoxy) is 1. The van der Waals surface area contributed by atoms with Gasteiger partial charge in [-0.15, -0.1) is 0 Å². The van der Waals surface area contributed by atoms with Gasteiger partial charge in [0.05, 0.1) is 12.7 Å². The zero-order chi connectivity index (χ0) is 12.3. The van der Waals surface area contributed by atoms with Gasteiger partial charge < -0.3 is 9.84 Å². The smallest absolute Gasteiger partial charge is 0.125 e. The first kappa shape index (κ1) is 12.7. The minimum atomic E-state index is -0.549. The van der Waals surface area contributed by atoms with Gasteiger partial charge in [0, 0.05) is 10.6 Å². The molecule has 0 aliphatic heterocycles. The summed E-state index contributed by atoms with van der Waals surface area (Å²) in [4.78, 5) is 0. The Kier molecular flexibility index (Phi) is 4.30. The summed E-state index contributed by atoms with van der Waals surface area (Å²) in [7, 11) is 0. The molecule has 0 heterocycles. The Labute approximate surface area is 108 Å². The van der Waals surface area contributed by atoms with Crippen LogP contribution < -0.4 is 4.74 Å². The molecule has 1 aromatic rings. The Morgan fingerprint density at radius 2 is 2.12 bits per heavy atom. The van der Waals surface area contributed by atoms with E-state index in [0.29, 0.717) is 10.9 Å². The number of aliphatic hydroxyl groups is 1. The minimum absolute atomic E-state index is 0.549. The zero-order valence-electron chi connectivity index (χ0n) is 10.2. The van der Waals surface area contributed by atoms with Crippen LogP contribution in [0.1, 0.15) is 44.3 Å². The molecule has 1 aromatic carbocycles. The predicted molar refractivity (Wildman–Crippen MR) is 69.5 cm³/mol. The van der Waals surface area contributed by atoms with E-state index >= 15 is 0 Å². The van der Waals surface area contributed by atoms with Crippen molar-refractivity contribution in [2.24, 2.45) is 5.92 Å². The van der Waals surface area contributed by atoms with Crippen molar-refractivity contribution in [1.82, 2.24) is 0 Å². The van der Waals surface area contributed by atoms with Crippen LogP contribution in [0.3, 0.4) is 0 Å². The van der Waals surface area contributed by atoms with E-state index < -0.39 is 6.10 Å². The van der Waals surface area contributed by atoms with Crippen molar-refractivity contribution in [2.45, 2.75) is 38.7 Å². The molecule has 0 radical (unpaired) electrons. The third-order valence-corrected chi connectivity index (χ3v) is 3.61. The normalized spacial score (nSPS) is 18.3. The lowest BCUT2D eigenvalue weighted by Gasteiger charge is -2.16. The van der Waals surface area contributed by atoms with Crippen molar-refractivity contribution in [1.29, 1.82) is 0 Å². The largest absolute Gasteiger partial charge is 0.493 e. The van der Waals surface area contributed by atoms with E-state index in [1.54, 1.807) is 19.1 Å². The van der Waals surface area contributed by atoms with Gasteiger partial charge in [-0.05, 0) is 43.9 Å². The highest BCUT2D eigenvalue weighted by molar-refractivity contribution is 6.30. The van der Waals surface area contributed by atoms with Crippen molar-refractivity contribution < 1.29 is 9.84 Å². The van der Waals surface area contributed by atoms with E-state index in [9.17, 15) is 5.11 Å². The van der Waals surface area contributed by atoms with Crippen LogP contribution in [0.5, 0.6) is 5.75 Å². The summed E-state index contributed by atoms with van der Waals surface area (Å²) in [5.41, 5.74) is 0.774. The summed E-state index contributed by atoms with van der Waals surface area (Å²) >= 11 is 5.92. The second kappa shape index (κ2) is 5.74. The van der Waals surface area contributed by atoms with E-state index in [1.807, 2.05) is 6.07 Å². The van der Waals surface area contributed by atoms with Crippen LogP contribution in [0, 0.1) is 5.92 Å². The van der Waals surface area contributed by atoms with Gasteiger partial charge in [0.2, 0.25) is 0 Å². The second-order valence-corrected chi connectivity index (χ2v) is 5.26. The summed E-state index contributed by atoms with van der Waals surface area (Å²) in [5, 5.41) is 10.3. The molecule has 1 aliphatic rings. The Hall–Kier alpha value is -0.730. The van der Waals surface area contributed by atoms with E-state index in [4.69, 9.17) is 16.3 Å². The van der Waals surface area contributed by atoms with Crippen LogP contribution in [0.4, 0.5) is 0 Å². The van der Waals surface area contributed by atoms with E-state index in [0.717, 1.165) is 17.9 Å². The van der Waals surface area contributed by atoms with Crippen LogP contribution in [-0.4, -0.2) is 11.7 Å². The monoisotopic (exact) mass is 254 g/mol. The van der Waals surface area contributed by atoms with Gasteiger partial charge >= 0.3 is 0 Å². The first-order valence-corrected chi connectivity index (χ1v) is 6.65. The molecular weight excluding hydrogens is 236 g/mol. The third-order valence-electron chi connectivity index (χ3n) is 3.37. The molecule has 94 valence electrons. The molecule has 3 heteroatoms. The zero-order valence-corrected chi connectivity index (χ0v) is 10.9. The molecule has 0 aromatic heterocycles. The quantitative estimate of drug-likeness (QED) is 0.881. The van der Waals surface area contributed by atoms with E-state index in [-0.39, 0.29) is 0 Å². The highest BCUT2D eigenvalue weighted by Crippen LogP contribution is 2.30. The Morgan fingerprint density at radius 1 is 1.41 bits per heavy atom. The second-order valence-electron chi connectivity index (χ2n) is 4.82. The molecule has 1 saturated carbocycles. The summed E-state index contributed by atoms with van der Waals surface area (Å²) in [6.45, 7) is 2.48. The lowest BCUT2D eigenvalue weighted by Crippen LogP contribution is -2.09. The van der Waals surface area contributed by atoms with Crippen molar-refractivity contribution in [3.05, 3.63) is 28.8 Å². The molecule has 0 bridgehead atoms. The molecule has 0 unspecified atom stereocenters. The average molecular weight is 255 g/mol. The number of hydrogen-bond donors (Lipinski definition) is 1. The predicted octanol–water partition coefficient (Wildman–Crippen LogP) is 3.96. The fourth-order valence-corrected chi connectivity index (χ4v) is 2.54. The maximum absolute atomic E-state index is 9.68. The van der Waals surface area contributed by atoms with Gasteiger partial charge in [-0.25, -0.2) is 0 Å². The van der Waals surface area contributed by atoms with Crippen LogP contribution in [0.2, 0.25) is 5.02 Å². The number of rotatable bonds is 4. The summed E-state index contributed by atoms with van der Waals surface area (Å²) in [5.74, 6) is 1.43. The van der Waals surface area contributed by atoms with Gasteiger partial charge in [0.15, 0.2) is 0 Å². The molecule has 1 N–H and O–H groups in total. The Balaban J connectivity index is 2.03. The van der Waals surface area contributed by atoms with Crippen molar-refractivity contribution in [3.63, 3.8) is 0 Å². The molecule has 1 atom stereocenters. The van der Waals surface area contributed by atoms with Crippen molar-refractivity contribution >= 4 is 11.6 Å². The fourth-order valence-electron chi connectivity index (χ4n) is 2.36. The van der Waals surface area contributed by atoms with Gasteiger partial charge in [0.25, 0.3) is 0 Å². The fraction of sp³-hybridized carbons (Fsp3) is 0.571. The topological polar surface area (TPSA) is 29.5 Å². The van der Waals surface area contributed by atoms with Crippen LogP contribution >= 0.6 is 11.6 Å². The van der Waals surface area contributed by atoms with Crippen LogP contribution in [-0.2, 0) is 0 Å². The molecule has 0 spiro atoms. The summed E-state index contributed by atoms with van der Waals surface area (Å²) in [6.07, 6.45) is 4.61. The van der Waals surface area contributed by atoms with Crippen LogP contribution in [0.15, 0.2) is 18.2 Å². The van der Waals surface area contributed by atoms with Gasteiger partial charge in [-0.1, -0.05) is 24.4 Å². The SMILES string of the molecule is C[C@H](O)c1cc(Cl)ccc1OCC1CCCC1. The van der Waals surface area contributed by atoms with Crippen LogP contribution in [0.25, 0.3) is 0 Å². The number of halogens is 1. The molecule has 17 heavy (non-hydrogen) atoms. The standard InChI is InChI=1S/C14H19ClO2/c1-10(16)13-8-12(15)6-7-14(13)17-9-11-4-2-3-5-11/h6-8,10-11,16H,2-5,9H2,1H3/t10-/m0/s1. The minimum Gasteiger partial charge on any atom is -0.493 e. The van der Waals surface area contributed by atoms with E-state index in [1.165, 1.54) is 25.7 Å². The molecule has 2 rings (SSSR count). The molecule has 2 nitrogen and oxygen atoms in total. The maximum Gasteiger partial charge on any atom is 0.125 e. The number of benzene rings is 1. The third kappa shape index (κ3) is 3.36. The molecule has 1 fully saturated rings. The summed E-state index contributed by atoms with van der Waals surface area (Å²) < 4.78 is 5.82. The average Bonchev–Trinajstić information content (AvgIpc) is 2.80. The number of hydrogen-bond acceptors (Lipinski definition) is 2. The molecule has 1 aliphatic carbocycles. The first-order valence-electron chi connectivity index (χ1n) is 6.27. The molecule has 0 saturated heterocycles. The molecular formula is C14H19ClO2. The molecule has 0 amide bonds. The van der Waals surface area contributed by atoms with E-state index in [2.05, 4.69) is 0 Å². The lowest BCUT2D eigenvalue weighted by molar-refractivity contribution is 0.186. The Bertz CT molecular complexity index is 370. The van der Waals surface area contributed by atoms with Crippen molar-refractivity contribution in [2.75, 3.05) is 6.61 Å². The van der Waals surface area contributed by atoms with Gasteiger partial charge in [-0.2, -0.15) is 0 Å². The van der Waals surface area contributed by atoms with Gasteiger partial charge in [0.1, 0.15) is 5.75 Å².